The number of ketones is 1. The van der Waals surface area contributed by atoms with Gasteiger partial charge in [0.1, 0.15) is 0 Å². The standard InChI is InChI=1S/C17H12BrNO2/c18-14-7-3-2-6-13(14)16(20)11-19-15-8-4-1-5-12(15)9-10-17(19)21/h1-10H,11H2. The van der Waals surface area contributed by atoms with Gasteiger partial charge in [-0.25, -0.2) is 0 Å². The first-order chi connectivity index (χ1) is 10.2. The number of hydrogen-bond donors (Lipinski definition) is 0. The van der Waals surface area contributed by atoms with Crippen molar-refractivity contribution in [1.82, 2.24) is 4.57 Å². The third-order valence-corrected chi connectivity index (χ3v) is 4.07. The highest BCUT2D eigenvalue weighted by Crippen LogP contribution is 2.18. The van der Waals surface area contributed by atoms with Crippen molar-refractivity contribution >= 4 is 32.6 Å². The molecule has 21 heavy (non-hydrogen) atoms. The summed E-state index contributed by atoms with van der Waals surface area (Å²) in [6.45, 7) is 0.0306. The van der Waals surface area contributed by atoms with Crippen molar-refractivity contribution in [3.8, 4) is 0 Å². The molecule has 0 atom stereocenters. The SMILES string of the molecule is O=C(Cn1c(=O)ccc2ccccc21)c1ccccc1Br. The lowest BCUT2D eigenvalue weighted by atomic mass is 10.1. The number of rotatable bonds is 3. The summed E-state index contributed by atoms with van der Waals surface area (Å²) in [4.78, 5) is 24.5. The van der Waals surface area contributed by atoms with Crippen LogP contribution < -0.4 is 5.56 Å². The van der Waals surface area contributed by atoms with Gasteiger partial charge in [-0.1, -0.05) is 52.3 Å². The van der Waals surface area contributed by atoms with E-state index in [1.807, 2.05) is 42.5 Å². The molecule has 0 radical (unpaired) electrons. The first-order valence-corrected chi connectivity index (χ1v) is 7.32. The lowest BCUT2D eigenvalue weighted by Crippen LogP contribution is -2.24. The largest absolute Gasteiger partial charge is 0.300 e. The molecule has 1 heterocycles. The molecule has 0 fully saturated rings. The van der Waals surface area contributed by atoms with Gasteiger partial charge in [-0.2, -0.15) is 0 Å². The van der Waals surface area contributed by atoms with Crippen LogP contribution in [0.25, 0.3) is 10.9 Å². The zero-order valence-corrected chi connectivity index (χ0v) is 12.7. The molecule has 2 aromatic carbocycles. The summed E-state index contributed by atoms with van der Waals surface area (Å²) in [5.41, 5.74) is 1.18. The van der Waals surface area contributed by atoms with E-state index in [1.54, 1.807) is 12.1 Å². The lowest BCUT2D eigenvalue weighted by molar-refractivity contribution is 0.0971. The molecule has 3 rings (SSSR count). The first kappa shape index (κ1) is 13.8. The van der Waals surface area contributed by atoms with Gasteiger partial charge in [-0.05, 0) is 23.6 Å². The minimum absolute atomic E-state index is 0.0306. The molecule has 0 N–H and O–H groups in total. The van der Waals surface area contributed by atoms with E-state index in [0.717, 1.165) is 15.4 Å². The average molecular weight is 342 g/mol. The summed E-state index contributed by atoms with van der Waals surface area (Å²) in [5, 5.41) is 0.942. The minimum Gasteiger partial charge on any atom is -0.300 e. The van der Waals surface area contributed by atoms with E-state index in [-0.39, 0.29) is 17.9 Å². The molecule has 0 aliphatic heterocycles. The number of fused-ring (bicyclic) bond motifs is 1. The fraction of sp³-hybridized carbons (Fsp3) is 0.0588. The Balaban J connectivity index is 2.06. The molecule has 3 nitrogen and oxygen atoms in total. The normalized spacial score (nSPS) is 10.7. The lowest BCUT2D eigenvalue weighted by Gasteiger charge is -2.10. The van der Waals surface area contributed by atoms with Crippen molar-refractivity contribution in [2.24, 2.45) is 0 Å². The number of pyridine rings is 1. The van der Waals surface area contributed by atoms with E-state index in [2.05, 4.69) is 15.9 Å². The summed E-state index contributed by atoms with van der Waals surface area (Å²) in [5.74, 6) is -0.0964. The fourth-order valence-corrected chi connectivity index (χ4v) is 2.83. The number of halogens is 1. The summed E-state index contributed by atoms with van der Waals surface area (Å²) < 4.78 is 2.25. The van der Waals surface area contributed by atoms with Gasteiger partial charge < -0.3 is 4.57 Å². The van der Waals surface area contributed by atoms with Crippen molar-refractivity contribution in [2.75, 3.05) is 0 Å². The van der Waals surface area contributed by atoms with Gasteiger partial charge in [-0.3, -0.25) is 9.59 Å². The topological polar surface area (TPSA) is 39.1 Å². The second-order valence-corrected chi connectivity index (χ2v) is 5.57. The number of hydrogen-bond acceptors (Lipinski definition) is 2. The van der Waals surface area contributed by atoms with Gasteiger partial charge in [0, 0.05) is 16.1 Å². The molecule has 0 aliphatic rings. The molecular formula is C17H12BrNO2. The summed E-state index contributed by atoms with van der Waals surface area (Å²) in [6, 6.07) is 18.1. The molecule has 3 aromatic rings. The van der Waals surface area contributed by atoms with E-state index < -0.39 is 0 Å². The van der Waals surface area contributed by atoms with E-state index in [4.69, 9.17) is 0 Å². The summed E-state index contributed by atoms with van der Waals surface area (Å²) in [7, 11) is 0. The molecule has 104 valence electrons. The second-order valence-electron chi connectivity index (χ2n) is 4.72. The maximum absolute atomic E-state index is 12.4. The van der Waals surface area contributed by atoms with Gasteiger partial charge in [-0.15, -0.1) is 0 Å². The summed E-state index contributed by atoms with van der Waals surface area (Å²) >= 11 is 3.37. The molecular weight excluding hydrogens is 330 g/mol. The first-order valence-electron chi connectivity index (χ1n) is 6.53. The highest BCUT2D eigenvalue weighted by atomic mass is 79.9. The molecule has 0 saturated heterocycles. The van der Waals surface area contributed by atoms with E-state index in [0.29, 0.717) is 5.56 Å². The van der Waals surface area contributed by atoms with Crippen LogP contribution in [0.4, 0.5) is 0 Å². The number of nitrogens with zero attached hydrogens (tertiary/aromatic N) is 1. The zero-order valence-electron chi connectivity index (χ0n) is 11.1. The number of carbonyl (C=O) groups excluding carboxylic acids is 1. The molecule has 4 heteroatoms. The van der Waals surface area contributed by atoms with Crippen LogP contribution in [0.15, 0.2) is 69.9 Å². The number of para-hydroxylation sites is 1. The number of Topliss-reactive ketones (excluding diaryl/α,β-unsaturated/α-hetero) is 1. The molecule has 0 spiro atoms. The van der Waals surface area contributed by atoms with Crippen LogP contribution >= 0.6 is 15.9 Å². The Morgan fingerprint density at radius 3 is 2.48 bits per heavy atom. The fourth-order valence-electron chi connectivity index (χ4n) is 2.32. The molecule has 1 aromatic heterocycles. The Morgan fingerprint density at radius 1 is 0.952 bits per heavy atom. The maximum atomic E-state index is 12.4. The van der Waals surface area contributed by atoms with Crippen molar-refractivity contribution in [1.29, 1.82) is 0 Å². The van der Waals surface area contributed by atoms with E-state index in [9.17, 15) is 9.59 Å². The van der Waals surface area contributed by atoms with Crippen LogP contribution in [-0.2, 0) is 6.54 Å². The Kier molecular flexibility index (Phi) is 3.71. The molecule has 0 aliphatic carbocycles. The van der Waals surface area contributed by atoms with Crippen LogP contribution in [-0.4, -0.2) is 10.4 Å². The smallest absolute Gasteiger partial charge is 0.251 e. The molecule has 0 bridgehead atoms. The predicted octanol–water partition coefficient (Wildman–Crippen LogP) is 3.65. The van der Waals surface area contributed by atoms with Crippen LogP contribution in [0.1, 0.15) is 10.4 Å². The predicted molar refractivity (Wildman–Crippen MR) is 86.7 cm³/mol. The van der Waals surface area contributed by atoms with Crippen molar-refractivity contribution < 1.29 is 4.79 Å². The van der Waals surface area contributed by atoms with E-state index in [1.165, 1.54) is 10.6 Å². The van der Waals surface area contributed by atoms with Gasteiger partial charge >= 0.3 is 0 Å². The van der Waals surface area contributed by atoms with Crippen LogP contribution in [0.5, 0.6) is 0 Å². The number of benzene rings is 2. The molecule has 0 unspecified atom stereocenters. The Labute approximate surface area is 130 Å². The Hall–Kier alpha value is -2.20. The zero-order chi connectivity index (χ0) is 14.8. The quantitative estimate of drug-likeness (QED) is 0.682. The van der Waals surface area contributed by atoms with E-state index >= 15 is 0 Å². The van der Waals surface area contributed by atoms with Crippen molar-refractivity contribution in [3.63, 3.8) is 0 Å². The third-order valence-electron chi connectivity index (χ3n) is 3.38. The maximum Gasteiger partial charge on any atom is 0.251 e. The van der Waals surface area contributed by atoms with Crippen molar-refractivity contribution in [3.05, 3.63) is 81.1 Å². The number of carbonyl (C=O) groups is 1. The Bertz CT molecular complexity index is 883. The average Bonchev–Trinajstić information content (AvgIpc) is 2.50. The van der Waals surface area contributed by atoms with Crippen LogP contribution in [0, 0.1) is 0 Å². The second kappa shape index (κ2) is 5.66. The Morgan fingerprint density at radius 2 is 1.67 bits per heavy atom. The molecule has 0 amide bonds. The van der Waals surface area contributed by atoms with Gasteiger partial charge in [0.05, 0.1) is 12.1 Å². The highest BCUT2D eigenvalue weighted by molar-refractivity contribution is 9.10. The third kappa shape index (κ3) is 2.67. The number of aromatic nitrogens is 1. The van der Waals surface area contributed by atoms with Crippen LogP contribution in [0.3, 0.4) is 0 Å². The van der Waals surface area contributed by atoms with Gasteiger partial charge in [0.15, 0.2) is 5.78 Å². The summed E-state index contributed by atoms with van der Waals surface area (Å²) in [6.07, 6.45) is 0. The van der Waals surface area contributed by atoms with Gasteiger partial charge in [0.2, 0.25) is 0 Å². The van der Waals surface area contributed by atoms with Crippen LogP contribution in [0.2, 0.25) is 0 Å². The monoisotopic (exact) mass is 341 g/mol. The highest BCUT2D eigenvalue weighted by Gasteiger charge is 2.12. The minimum atomic E-state index is -0.172. The van der Waals surface area contributed by atoms with Gasteiger partial charge in [0.25, 0.3) is 5.56 Å². The van der Waals surface area contributed by atoms with Crippen molar-refractivity contribution in [2.45, 2.75) is 6.54 Å². The molecule has 0 saturated carbocycles.